The molecule has 0 radical (unpaired) electrons. The van der Waals surface area contributed by atoms with Crippen LogP contribution in [0.25, 0.3) is 0 Å². The Morgan fingerprint density at radius 3 is 2.82 bits per heavy atom. The van der Waals surface area contributed by atoms with Gasteiger partial charge in [-0.2, -0.15) is 0 Å². The quantitative estimate of drug-likeness (QED) is 0.554. The molecule has 6 nitrogen and oxygen atoms in total. The lowest BCUT2D eigenvalue weighted by atomic mass is 9.97. The maximum atomic E-state index is 11.6. The van der Waals surface area contributed by atoms with E-state index in [4.69, 9.17) is 20.3 Å². The Labute approximate surface area is 129 Å². The van der Waals surface area contributed by atoms with E-state index in [0.29, 0.717) is 31.1 Å². The molecular formula is C16H20N2O4. The van der Waals surface area contributed by atoms with Crippen molar-refractivity contribution < 1.29 is 19.4 Å². The number of aliphatic imine (C=N–C) groups is 1. The second kappa shape index (κ2) is 7.09. The second-order valence-electron chi connectivity index (χ2n) is 5.04. The minimum Gasteiger partial charge on any atom is -0.494 e. The monoisotopic (exact) mass is 304 g/mol. The fourth-order valence-corrected chi connectivity index (χ4v) is 2.11. The topological polar surface area (TPSA) is 94.1 Å². The van der Waals surface area contributed by atoms with Crippen LogP contribution in [0.2, 0.25) is 0 Å². The molecule has 1 aliphatic heterocycles. The van der Waals surface area contributed by atoms with Crippen molar-refractivity contribution >= 4 is 11.8 Å². The van der Waals surface area contributed by atoms with Crippen molar-refractivity contribution in [1.82, 2.24) is 0 Å². The van der Waals surface area contributed by atoms with E-state index in [1.165, 1.54) is 0 Å². The summed E-state index contributed by atoms with van der Waals surface area (Å²) in [4.78, 5) is 16.0. The molecule has 0 aromatic heterocycles. The molecule has 0 fully saturated rings. The van der Waals surface area contributed by atoms with E-state index in [2.05, 4.69) is 11.6 Å². The summed E-state index contributed by atoms with van der Waals surface area (Å²) in [6.07, 6.45) is 2.53. The van der Waals surface area contributed by atoms with Gasteiger partial charge in [0.2, 0.25) is 11.8 Å². The van der Waals surface area contributed by atoms with Gasteiger partial charge in [-0.1, -0.05) is 6.08 Å². The average Bonchev–Trinajstić information content (AvgIpc) is 2.94. The molecule has 0 bridgehead atoms. The number of nitrogens with two attached hydrogens (primary N) is 1. The van der Waals surface area contributed by atoms with E-state index in [0.717, 1.165) is 5.56 Å². The van der Waals surface area contributed by atoms with Crippen LogP contribution in [0.1, 0.15) is 18.4 Å². The highest BCUT2D eigenvalue weighted by Crippen LogP contribution is 2.26. The first kappa shape index (κ1) is 16.0. The van der Waals surface area contributed by atoms with Crippen LogP contribution in [0, 0.1) is 0 Å². The average molecular weight is 304 g/mol. The number of carbonyl (C=O) groups excluding carboxylic acids is 1. The number of nitrogens with zero attached hydrogens (tertiary/aromatic N) is 1. The Hall–Kier alpha value is -2.34. The molecule has 0 saturated heterocycles. The lowest BCUT2D eigenvalue weighted by molar-refractivity contribution is -0.123. The molecule has 2 rings (SSSR count). The molecule has 0 unspecified atom stereocenters. The summed E-state index contributed by atoms with van der Waals surface area (Å²) in [5.74, 6) is 0.567. The number of aliphatic hydroxyl groups is 1. The first-order chi connectivity index (χ1) is 10.6. The Bertz CT molecular complexity index is 568. The SMILES string of the molecule is C=CC[C@]1(C(N)=O)COC(c2ccc(OCCCO)cc2)=N1. The van der Waals surface area contributed by atoms with E-state index < -0.39 is 11.4 Å². The van der Waals surface area contributed by atoms with Crippen molar-refractivity contribution in [3.05, 3.63) is 42.5 Å². The van der Waals surface area contributed by atoms with Crippen LogP contribution < -0.4 is 10.5 Å². The van der Waals surface area contributed by atoms with Crippen LogP contribution in [0.5, 0.6) is 5.75 Å². The number of benzene rings is 1. The maximum Gasteiger partial charge on any atom is 0.249 e. The summed E-state index contributed by atoms with van der Waals surface area (Å²) in [5, 5.41) is 8.71. The third-order valence-electron chi connectivity index (χ3n) is 3.38. The van der Waals surface area contributed by atoms with E-state index >= 15 is 0 Å². The van der Waals surface area contributed by atoms with Crippen molar-refractivity contribution in [3.8, 4) is 5.75 Å². The van der Waals surface area contributed by atoms with Crippen LogP contribution >= 0.6 is 0 Å². The van der Waals surface area contributed by atoms with Crippen LogP contribution in [0.15, 0.2) is 41.9 Å². The molecule has 1 heterocycles. The van der Waals surface area contributed by atoms with E-state index in [-0.39, 0.29) is 13.2 Å². The first-order valence-corrected chi connectivity index (χ1v) is 7.09. The third-order valence-corrected chi connectivity index (χ3v) is 3.38. The van der Waals surface area contributed by atoms with Crippen LogP contribution in [0.4, 0.5) is 0 Å². The third kappa shape index (κ3) is 3.46. The van der Waals surface area contributed by atoms with Crippen molar-refractivity contribution in [3.63, 3.8) is 0 Å². The highest BCUT2D eigenvalue weighted by atomic mass is 16.5. The number of aliphatic hydroxyl groups excluding tert-OH is 1. The largest absolute Gasteiger partial charge is 0.494 e. The molecule has 1 aromatic rings. The number of rotatable bonds is 8. The highest BCUT2D eigenvalue weighted by Gasteiger charge is 2.41. The predicted octanol–water partition coefficient (Wildman–Crippen LogP) is 1.02. The fraction of sp³-hybridized carbons (Fsp3) is 0.375. The molecule has 0 spiro atoms. The van der Waals surface area contributed by atoms with Gasteiger partial charge in [0.25, 0.3) is 0 Å². The Balaban J connectivity index is 2.11. The number of hydrogen-bond donors (Lipinski definition) is 2. The molecule has 1 aromatic carbocycles. The minimum atomic E-state index is -1.06. The zero-order valence-corrected chi connectivity index (χ0v) is 12.3. The zero-order valence-electron chi connectivity index (χ0n) is 12.3. The first-order valence-electron chi connectivity index (χ1n) is 7.09. The molecule has 3 N–H and O–H groups in total. The van der Waals surface area contributed by atoms with Gasteiger partial charge in [-0.05, 0) is 24.3 Å². The molecule has 1 amide bonds. The van der Waals surface area contributed by atoms with Gasteiger partial charge in [0.15, 0.2) is 5.54 Å². The summed E-state index contributed by atoms with van der Waals surface area (Å²) in [7, 11) is 0. The molecule has 0 saturated carbocycles. The molecule has 6 heteroatoms. The molecule has 118 valence electrons. The number of ether oxygens (including phenoxy) is 2. The van der Waals surface area contributed by atoms with Crippen LogP contribution in [0.3, 0.4) is 0 Å². The van der Waals surface area contributed by atoms with Gasteiger partial charge >= 0.3 is 0 Å². The Kier molecular flexibility index (Phi) is 5.16. The van der Waals surface area contributed by atoms with E-state index in [9.17, 15) is 4.79 Å². The number of carbonyl (C=O) groups is 1. The molecule has 22 heavy (non-hydrogen) atoms. The molecule has 0 aliphatic carbocycles. The molecular weight excluding hydrogens is 284 g/mol. The summed E-state index contributed by atoms with van der Waals surface area (Å²) < 4.78 is 11.0. The van der Waals surface area contributed by atoms with E-state index in [1.807, 2.05) is 0 Å². The number of primary amides is 1. The Morgan fingerprint density at radius 1 is 1.50 bits per heavy atom. The van der Waals surface area contributed by atoms with Crippen LogP contribution in [-0.4, -0.2) is 42.3 Å². The Morgan fingerprint density at radius 2 is 2.23 bits per heavy atom. The maximum absolute atomic E-state index is 11.6. The normalized spacial score (nSPS) is 20.1. The lowest BCUT2D eigenvalue weighted by Gasteiger charge is -2.17. The van der Waals surface area contributed by atoms with Crippen molar-refractivity contribution in [2.75, 3.05) is 19.8 Å². The predicted molar refractivity (Wildman–Crippen MR) is 82.9 cm³/mol. The minimum absolute atomic E-state index is 0.0984. The summed E-state index contributed by atoms with van der Waals surface area (Å²) in [6.45, 7) is 4.31. The van der Waals surface area contributed by atoms with Gasteiger partial charge < -0.3 is 20.3 Å². The van der Waals surface area contributed by atoms with Gasteiger partial charge in [-0.3, -0.25) is 4.79 Å². The lowest BCUT2D eigenvalue weighted by Crippen LogP contribution is -2.43. The summed E-state index contributed by atoms with van der Waals surface area (Å²) in [5.41, 5.74) is 5.13. The van der Waals surface area contributed by atoms with Gasteiger partial charge in [0, 0.05) is 25.0 Å². The van der Waals surface area contributed by atoms with Gasteiger partial charge in [-0.25, -0.2) is 4.99 Å². The zero-order chi connectivity index (χ0) is 16.0. The van der Waals surface area contributed by atoms with E-state index in [1.54, 1.807) is 30.3 Å². The van der Waals surface area contributed by atoms with Crippen molar-refractivity contribution in [2.24, 2.45) is 10.7 Å². The number of hydrogen-bond acceptors (Lipinski definition) is 5. The van der Waals surface area contributed by atoms with Gasteiger partial charge in [0.05, 0.1) is 6.61 Å². The second-order valence-corrected chi connectivity index (χ2v) is 5.04. The fourth-order valence-electron chi connectivity index (χ4n) is 2.11. The number of amides is 1. The standard InChI is InChI=1S/C16H20N2O4/c1-2-8-16(15(17)20)11-22-14(18-16)12-4-6-13(7-5-12)21-10-3-9-19/h2,4-7,19H,1,3,8-11H2,(H2,17,20)/t16-/m1/s1. The van der Waals surface area contributed by atoms with Crippen LogP contribution in [-0.2, 0) is 9.53 Å². The van der Waals surface area contributed by atoms with Crippen molar-refractivity contribution in [2.45, 2.75) is 18.4 Å². The molecule has 1 aliphatic rings. The molecule has 1 atom stereocenters. The van der Waals surface area contributed by atoms with Gasteiger partial charge in [-0.15, -0.1) is 6.58 Å². The highest BCUT2D eigenvalue weighted by molar-refractivity contribution is 5.99. The summed E-state index contributed by atoms with van der Waals surface area (Å²) >= 11 is 0. The summed E-state index contributed by atoms with van der Waals surface area (Å²) in [6, 6.07) is 7.18. The van der Waals surface area contributed by atoms with Gasteiger partial charge in [0.1, 0.15) is 12.4 Å². The smallest absolute Gasteiger partial charge is 0.249 e. The van der Waals surface area contributed by atoms with Crippen molar-refractivity contribution in [1.29, 1.82) is 0 Å².